The average Bonchev–Trinajstić information content (AvgIpc) is 2.87. The average molecular weight is 302 g/mol. The summed E-state index contributed by atoms with van der Waals surface area (Å²) in [5, 5.41) is 20.6. The highest BCUT2D eigenvalue weighted by molar-refractivity contribution is 6.30. The summed E-state index contributed by atoms with van der Waals surface area (Å²) in [6, 6.07) is 13.9. The van der Waals surface area contributed by atoms with E-state index in [-0.39, 0.29) is 10.6 Å². The van der Waals surface area contributed by atoms with Gasteiger partial charge in [-0.05, 0) is 36.1 Å². The number of aryl methyl sites for hydroxylation is 1. The quantitative estimate of drug-likeness (QED) is 0.913. The summed E-state index contributed by atoms with van der Waals surface area (Å²) in [6.07, 6.45) is -0.0364. The van der Waals surface area contributed by atoms with Crippen molar-refractivity contribution in [3.63, 3.8) is 0 Å². The van der Waals surface area contributed by atoms with Gasteiger partial charge in [-0.15, -0.1) is 0 Å². The van der Waals surface area contributed by atoms with E-state index in [9.17, 15) is 14.8 Å². The second-order valence-corrected chi connectivity index (χ2v) is 5.75. The van der Waals surface area contributed by atoms with Gasteiger partial charge in [0.2, 0.25) is 0 Å². The number of nitriles is 1. The maximum absolute atomic E-state index is 14.1. The smallest absolute Gasteiger partial charge is 0.130 e. The van der Waals surface area contributed by atoms with Crippen molar-refractivity contribution in [2.45, 2.75) is 24.4 Å². The molecule has 0 aliphatic heterocycles. The highest BCUT2D eigenvalue weighted by atomic mass is 35.5. The summed E-state index contributed by atoms with van der Waals surface area (Å²) < 4.78 is 14.1. The minimum Gasteiger partial charge on any atom is -0.386 e. The summed E-state index contributed by atoms with van der Waals surface area (Å²) in [5.41, 5.74) is 0.824. The lowest BCUT2D eigenvalue weighted by Gasteiger charge is -2.29. The highest BCUT2D eigenvalue weighted by Gasteiger charge is 2.46. The zero-order valence-corrected chi connectivity index (χ0v) is 11.9. The molecule has 0 heterocycles. The lowest BCUT2D eigenvalue weighted by Crippen LogP contribution is -2.30. The number of aliphatic hydroxyl groups excluding tert-OH is 1. The third-order valence-corrected chi connectivity index (χ3v) is 4.45. The van der Waals surface area contributed by atoms with Crippen molar-refractivity contribution >= 4 is 11.6 Å². The van der Waals surface area contributed by atoms with Crippen molar-refractivity contribution in [3.8, 4) is 6.07 Å². The Bertz CT molecular complexity index is 740. The van der Waals surface area contributed by atoms with Gasteiger partial charge in [-0.3, -0.25) is 0 Å². The van der Waals surface area contributed by atoms with Crippen LogP contribution in [0.1, 0.15) is 29.2 Å². The van der Waals surface area contributed by atoms with Crippen LogP contribution < -0.4 is 0 Å². The molecule has 0 spiro atoms. The number of rotatable bonds is 2. The first kappa shape index (κ1) is 14.1. The van der Waals surface area contributed by atoms with Gasteiger partial charge in [-0.2, -0.15) is 5.26 Å². The first-order valence-corrected chi connectivity index (χ1v) is 7.09. The van der Waals surface area contributed by atoms with E-state index in [0.717, 1.165) is 17.2 Å². The molecule has 0 aromatic heterocycles. The molecule has 21 heavy (non-hydrogen) atoms. The van der Waals surface area contributed by atoms with E-state index >= 15 is 0 Å². The molecule has 0 saturated carbocycles. The standard InChI is InChI=1S/C17H13ClFNO/c18-12-5-6-13(15(19)9-12)16(21)17(10-20)8-7-11-3-1-2-4-14(11)17/h1-6,9,16,21H,7-8H2. The van der Waals surface area contributed by atoms with E-state index in [0.29, 0.717) is 12.8 Å². The van der Waals surface area contributed by atoms with Crippen LogP contribution >= 0.6 is 11.6 Å². The fourth-order valence-electron chi connectivity index (χ4n) is 3.09. The molecule has 1 N–H and O–H groups in total. The predicted molar refractivity (Wildman–Crippen MR) is 78.4 cm³/mol. The third kappa shape index (κ3) is 2.12. The Morgan fingerprint density at radius 2 is 2.05 bits per heavy atom. The number of benzene rings is 2. The number of aliphatic hydroxyl groups is 1. The fourth-order valence-corrected chi connectivity index (χ4v) is 3.25. The van der Waals surface area contributed by atoms with Crippen molar-refractivity contribution in [2.24, 2.45) is 0 Å². The Morgan fingerprint density at radius 1 is 1.29 bits per heavy atom. The SMILES string of the molecule is N#CC1(C(O)c2ccc(Cl)cc2F)CCc2ccccc21. The molecule has 0 amide bonds. The summed E-state index contributed by atoms with van der Waals surface area (Å²) in [5.74, 6) is -0.589. The van der Waals surface area contributed by atoms with Crippen molar-refractivity contribution in [3.05, 3.63) is 70.0 Å². The maximum Gasteiger partial charge on any atom is 0.130 e. The summed E-state index contributed by atoms with van der Waals surface area (Å²) in [7, 11) is 0. The first-order valence-electron chi connectivity index (χ1n) is 6.71. The first-order chi connectivity index (χ1) is 10.1. The van der Waals surface area contributed by atoms with Gasteiger partial charge in [0.05, 0.1) is 6.07 Å². The topological polar surface area (TPSA) is 44.0 Å². The molecule has 2 aromatic carbocycles. The van der Waals surface area contributed by atoms with E-state index in [1.54, 1.807) is 0 Å². The lowest BCUT2D eigenvalue weighted by molar-refractivity contribution is 0.107. The van der Waals surface area contributed by atoms with Crippen molar-refractivity contribution in [1.82, 2.24) is 0 Å². The lowest BCUT2D eigenvalue weighted by atomic mass is 9.75. The molecule has 1 aliphatic rings. The van der Waals surface area contributed by atoms with Gasteiger partial charge in [0.25, 0.3) is 0 Å². The monoisotopic (exact) mass is 301 g/mol. The molecule has 0 bridgehead atoms. The normalized spacial score (nSPS) is 21.6. The van der Waals surface area contributed by atoms with Gasteiger partial charge in [-0.25, -0.2) is 4.39 Å². The van der Waals surface area contributed by atoms with E-state index in [1.165, 1.54) is 12.1 Å². The Morgan fingerprint density at radius 3 is 2.76 bits per heavy atom. The summed E-state index contributed by atoms with van der Waals surface area (Å²) >= 11 is 5.74. The third-order valence-electron chi connectivity index (χ3n) is 4.21. The van der Waals surface area contributed by atoms with Crippen LogP contribution in [0.2, 0.25) is 5.02 Å². The van der Waals surface area contributed by atoms with Crippen LogP contribution in [0.25, 0.3) is 0 Å². The van der Waals surface area contributed by atoms with Gasteiger partial charge in [0.15, 0.2) is 0 Å². The van der Waals surface area contributed by atoms with Crippen molar-refractivity contribution in [1.29, 1.82) is 5.26 Å². The van der Waals surface area contributed by atoms with E-state index in [2.05, 4.69) is 6.07 Å². The Kier molecular flexibility index (Phi) is 3.44. The number of hydrogen-bond acceptors (Lipinski definition) is 2. The minimum atomic E-state index is -1.22. The molecule has 106 valence electrons. The van der Waals surface area contributed by atoms with Crippen LogP contribution in [0.3, 0.4) is 0 Å². The molecule has 4 heteroatoms. The summed E-state index contributed by atoms with van der Waals surface area (Å²) in [4.78, 5) is 0. The van der Waals surface area contributed by atoms with Crippen LogP contribution in [0.4, 0.5) is 4.39 Å². The van der Waals surface area contributed by atoms with Crippen LogP contribution in [-0.4, -0.2) is 5.11 Å². The molecule has 1 aliphatic carbocycles. The van der Waals surface area contributed by atoms with Crippen molar-refractivity contribution in [2.75, 3.05) is 0 Å². The molecule has 2 unspecified atom stereocenters. The number of halogens is 2. The highest BCUT2D eigenvalue weighted by Crippen LogP contribution is 2.47. The zero-order valence-electron chi connectivity index (χ0n) is 11.2. The van der Waals surface area contributed by atoms with Gasteiger partial charge in [0, 0.05) is 10.6 Å². The van der Waals surface area contributed by atoms with Crippen LogP contribution in [0.5, 0.6) is 0 Å². The molecule has 2 atom stereocenters. The second-order valence-electron chi connectivity index (χ2n) is 5.31. The molecule has 2 aromatic rings. The van der Waals surface area contributed by atoms with Crippen molar-refractivity contribution < 1.29 is 9.50 Å². The molecule has 3 rings (SSSR count). The second kappa shape index (κ2) is 5.14. The molecular weight excluding hydrogens is 289 g/mol. The van der Waals surface area contributed by atoms with E-state index in [1.807, 2.05) is 24.3 Å². The minimum absolute atomic E-state index is 0.109. The fraction of sp³-hybridized carbons (Fsp3) is 0.235. The maximum atomic E-state index is 14.1. The van der Waals surface area contributed by atoms with Crippen LogP contribution in [-0.2, 0) is 11.8 Å². The predicted octanol–water partition coefficient (Wildman–Crippen LogP) is 3.92. The van der Waals surface area contributed by atoms with E-state index < -0.39 is 17.3 Å². The molecule has 2 nitrogen and oxygen atoms in total. The number of fused-ring (bicyclic) bond motifs is 1. The van der Waals surface area contributed by atoms with Crippen LogP contribution in [0.15, 0.2) is 42.5 Å². The number of nitrogens with zero attached hydrogens (tertiary/aromatic N) is 1. The van der Waals surface area contributed by atoms with Gasteiger partial charge < -0.3 is 5.11 Å². The van der Waals surface area contributed by atoms with Crippen LogP contribution in [0, 0.1) is 17.1 Å². The van der Waals surface area contributed by atoms with Gasteiger partial charge in [-0.1, -0.05) is 41.9 Å². The largest absolute Gasteiger partial charge is 0.386 e. The summed E-state index contributed by atoms with van der Waals surface area (Å²) in [6.45, 7) is 0. The Labute approximate surface area is 127 Å². The molecule has 0 saturated heterocycles. The zero-order chi connectivity index (χ0) is 15.0. The van der Waals surface area contributed by atoms with Gasteiger partial charge in [0.1, 0.15) is 17.3 Å². The Balaban J connectivity index is 2.11. The Hall–Kier alpha value is -1.89. The molecule has 0 fully saturated rings. The van der Waals surface area contributed by atoms with E-state index in [4.69, 9.17) is 11.6 Å². The molecule has 0 radical (unpaired) electrons. The molecular formula is C17H13ClFNO. The number of hydrogen-bond donors (Lipinski definition) is 1. The van der Waals surface area contributed by atoms with Gasteiger partial charge >= 0.3 is 0 Å².